The van der Waals surface area contributed by atoms with Crippen LogP contribution in [0.2, 0.25) is 0 Å². The maximum Gasteiger partial charge on any atom is 0.236 e. The van der Waals surface area contributed by atoms with Crippen molar-refractivity contribution < 1.29 is 9.59 Å². The van der Waals surface area contributed by atoms with Crippen molar-refractivity contribution >= 4 is 11.8 Å². The van der Waals surface area contributed by atoms with E-state index in [1.165, 1.54) is 0 Å². The normalized spacial score (nSPS) is 24.1. The Kier molecular flexibility index (Phi) is 5.55. The molecule has 3 heterocycles. The monoisotopic (exact) mass is 359 g/mol. The van der Waals surface area contributed by atoms with E-state index in [2.05, 4.69) is 14.9 Å². The average molecular weight is 359 g/mol. The van der Waals surface area contributed by atoms with Gasteiger partial charge in [0.05, 0.1) is 30.7 Å². The Hall–Kier alpha value is -2.02. The molecule has 26 heavy (non-hydrogen) atoms. The van der Waals surface area contributed by atoms with Gasteiger partial charge in [0.1, 0.15) is 0 Å². The Morgan fingerprint density at radius 1 is 1.23 bits per heavy atom. The van der Waals surface area contributed by atoms with E-state index in [0.717, 1.165) is 50.3 Å². The number of amides is 2. The lowest BCUT2D eigenvalue weighted by molar-refractivity contribution is -0.141. The second kappa shape index (κ2) is 7.70. The molecule has 2 aliphatic heterocycles. The van der Waals surface area contributed by atoms with Crippen LogP contribution in [0, 0.1) is 12.3 Å². The largest absolute Gasteiger partial charge is 0.348 e. The summed E-state index contributed by atoms with van der Waals surface area (Å²) in [6, 6.07) is 0. The first-order chi connectivity index (χ1) is 12.4. The van der Waals surface area contributed by atoms with Crippen LogP contribution in [0.5, 0.6) is 0 Å². The van der Waals surface area contributed by atoms with E-state index >= 15 is 0 Å². The first-order valence-corrected chi connectivity index (χ1v) is 9.35. The second-order valence-electron chi connectivity index (χ2n) is 8.00. The number of carbonyl (C=O) groups excluding carboxylic acids is 2. The van der Waals surface area contributed by atoms with Gasteiger partial charge < -0.3 is 9.80 Å². The summed E-state index contributed by atoms with van der Waals surface area (Å²) in [5.41, 5.74) is 1.80. The summed E-state index contributed by atoms with van der Waals surface area (Å²) >= 11 is 0. The van der Waals surface area contributed by atoms with Gasteiger partial charge in [-0.05, 0) is 32.7 Å². The van der Waals surface area contributed by atoms with Gasteiger partial charge in [-0.1, -0.05) is 0 Å². The second-order valence-corrected chi connectivity index (χ2v) is 8.00. The third-order valence-corrected chi connectivity index (χ3v) is 5.53. The quantitative estimate of drug-likeness (QED) is 0.805. The number of hydrogen-bond acceptors (Lipinski definition) is 5. The molecule has 0 aliphatic carbocycles. The highest BCUT2D eigenvalue weighted by atomic mass is 16.2. The molecule has 0 unspecified atom stereocenters. The van der Waals surface area contributed by atoms with Gasteiger partial charge in [0.15, 0.2) is 0 Å². The Morgan fingerprint density at radius 3 is 2.73 bits per heavy atom. The highest BCUT2D eigenvalue weighted by molar-refractivity contribution is 5.78. The fraction of sp³-hybridized carbons (Fsp3) is 0.684. The van der Waals surface area contributed by atoms with Crippen molar-refractivity contribution in [3.63, 3.8) is 0 Å². The SMILES string of the molecule is Cc1cnc(CN2C[C@@]3(CCCN(CC(=O)N(C)C)C3)CCC2=O)cn1. The number of carbonyl (C=O) groups is 2. The predicted molar refractivity (Wildman–Crippen MR) is 98.2 cm³/mol. The molecule has 1 atom stereocenters. The molecule has 0 N–H and O–H groups in total. The van der Waals surface area contributed by atoms with Crippen LogP contribution in [0.3, 0.4) is 0 Å². The Bertz CT molecular complexity index is 660. The van der Waals surface area contributed by atoms with Gasteiger partial charge >= 0.3 is 0 Å². The van der Waals surface area contributed by atoms with E-state index in [1.54, 1.807) is 31.4 Å². The van der Waals surface area contributed by atoms with E-state index in [1.807, 2.05) is 11.8 Å². The van der Waals surface area contributed by atoms with Crippen molar-refractivity contribution in [2.24, 2.45) is 5.41 Å². The molecule has 7 nitrogen and oxygen atoms in total. The molecule has 2 aliphatic rings. The molecule has 0 saturated carbocycles. The fourth-order valence-electron chi connectivity index (χ4n) is 4.05. The van der Waals surface area contributed by atoms with Crippen LogP contribution in [0.15, 0.2) is 12.4 Å². The van der Waals surface area contributed by atoms with Gasteiger partial charge in [0.25, 0.3) is 0 Å². The molecule has 7 heteroatoms. The molecule has 0 bridgehead atoms. The van der Waals surface area contributed by atoms with Gasteiger partial charge in [-0.15, -0.1) is 0 Å². The number of likely N-dealkylation sites (tertiary alicyclic amines) is 2. The van der Waals surface area contributed by atoms with Crippen LogP contribution in [0.4, 0.5) is 0 Å². The molecule has 2 fully saturated rings. The Balaban J connectivity index is 1.66. The Morgan fingerprint density at radius 2 is 2.04 bits per heavy atom. The van der Waals surface area contributed by atoms with Crippen LogP contribution >= 0.6 is 0 Å². The smallest absolute Gasteiger partial charge is 0.236 e. The zero-order valence-corrected chi connectivity index (χ0v) is 16.1. The third kappa shape index (κ3) is 4.38. The molecular formula is C19H29N5O2. The third-order valence-electron chi connectivity index (χ3n) is 5.53. The van der Waals surface area contributed by atoms with Gasteiger partial charge in [-0.3, -0.25) is 24.5 Å². The average Bonchev–Trinajstić information content (AvgIpc) is 2.60. The zero-order valence-electron chi connectivity index (χ0n) is 16.1. The maximum absolute atomic E-state index is 12.4. The minimum atomic E-state index is 0.0941. The number of rotatable bonds is 4. The molecule has 2 amide bonds. The lowest BCUT2D eigenvalue weighted by Crippen LogP contribution is -2.55. The van der Waals surface area contributed by atoms with Gasteiger partial charge in [0.2, 0.25) is 11.8 Å². The van der Waals surface area contributed by atoms with Crippen LogP contribution in [0.1, 0.15) is 37.1 Å². The maximum atomic E-state index is 12.4. The molecule has 1 spiro atoms. The number of likely N-dealkylation sites (N-methyl/N-ethyl adjacent to an activating group) is 1. The van der Waals surface area contributed by atoms with Gasteiger partial charge in [-0.25, -0.2) is 0 Å². The highest BCUT2D eigenvalue weighted by Gasteiger charge is 2.42. The molecule has 1 aromatic rings. The first kappa shape index (κ1) is 18.8. The van der Waals surface area contributed by atoms with E-state index < -0.39 is 0 Å². The van der Waals surface area contributed by atoms with Crippen LogP contribution in [-0.4, -0.2) is 76.8 Å². The van der Waals surface area contributed by atoms with Crippen molar-refractivity contribution in [3.8, 4) is 0 Å². The molecule has 142 valence electrons. The number of aromatic nitrogens is 2. The molecule has 0 radical (unpaired) electrons. The van der Waals surface area contributed by atoms with E-state index in [9.17, 15) is 9.59 Å². The van der Waals surface area contributed by atoms with E-state index in [4.69, 9.17) is 0 Å². The van der Waals surface area contributed by atoms with Crippen LogP contribution in [0.25, 0.3) is 0 Å². The molecular weight excluding hydrogens is 330 g/mol. The van der Waals surface area contributed by atoms with Crippen molar-refractivity contribution in [1.82, 2.24) is 24.7 Å². The lowest BCUT2D eigenvalue weighted by Gasteiger charge is -2.48. The number of piperidine rings is 2. The number of nitrogens with zero attached hydrogens (tertiary/aromatic N) is 5. The highest BCUT2D eigenvalue weighted by Crippen LogP contribution is 2.39. The molecule has 3 rings (SSSR count). The molecule has 0 aromatic carbocycles. The van der Waals surface area contributed by atoms with Crippen LogP contribution in [-0.2, 0) is 16.1 Å². The van der Waals surface area contributed by atoms with Gasteiger partial charge in [0, 0.05) is 45.2 Å². The summed E-state index contributed by atoms with van der Waals surface area (Å²) in [6.07, 6.45) is 7.18. The minimum Gasteiger partial charge on any atom is -0.348 e. The van der Waals surface area contributed by atoms with Crippen molar-refractivity contribution in [2.75, 3.05) is 40.3 Å². The van der Waals surface area contributed by atoms with Crippen molar-refractivity contribution in [2.45, 2.75) is 39.2 Å². The minimum absolute atomic E-state index is 0.0941. The summed E-state index contributed by atoms with van der Waals surface area (Å²) in [6.45, 7) is 5.47. The summed E-state index contributed by atoms with van der Waals surface area (Å²) in [5, 5.41) is 0. The topological polar surface area (TPSA) is 69.6 Å². The van der Waals surface area contributed by atoms with E-state index in [0.29, 0.717) is 19.5 Å². The number of aryl methyl sites for hydroxylation is 1. The van der Waals surface area contributed by atoms with Gasteiger partial charge in [-0.2, -0.15) is 0 Å². The van der Waals surface area contributed by atoms with Crippen molar-refractivity contribution in [3.05, 3.63) is 23.8 Å². The molecule has 1 aromatic heterocycles. The van der Waals surface area contributed by atoms with Crippen LogP contribution < -0.4 is 0 Å². The molecule has 2 saturated heterocycles. The summed E-state index contributed by atoms with van der Waals surface area (Å²) in [4.78, 5) is 39.0. The zero-order chi connectivity index (χ0) is 18.7. The lowest BCUT2D eigenvalue weighted by atomic mass is 9.73. The Labute approximate surface area is 155 Å². The fourth-order valence-corrected chi connectivity index (χ4v) is 4.05. The summed E-state index contributed by atoms with van der Waals surface area (Å²) < 4.78 is 0. The standard InChI is InChI=1S/C19H29N5O2/c1-15-9-21-16(10-20-15)11-24-14-19(7-5-17(24)25)6-4-8-23(13-19)12-18(26)22(2)3/h9-10H,4-8,11-14H2,1-3H3/t19-/m0/s1. The summed E-state index contributed by atoms with van der Waals surface area (Å²) in [7, 11) is 3.59. The summed E-state index contributed by atoms with van der Waals surface area (Å²) in [5.74, 6) is 0.334. The predicted octanol–water partition coefficient (Wildman–Crippen LogP) is 1.08. The number of hydrogen-bond donors (Lipinski definition) is 0. The van der Waals surface area contributed by atoms with Crippen molar-refractivity contribution in [1.29, 1.82) is 0 Å². The first-order valence-electron chi connectivity index (χ1n) is 9.35. The van der Waals surface area contributed by atoms with E-state index in [-0.39, 0.29) is 17.2 Å².